The van der Waals surface area contributed by atoms with Gasteiger partial charge >= 0.3 is 5.69 Å². The fourth-order valence-corrected chi connectivity index (χ4v) is 1.93. The molecule has 0 saturated carbocycles. The van der Waals surface area contributed by atoms with Crippen molar-refractivity contribution < 1.29 is 19.0 Å². The molecule has 94 valence electrons. The van der Waals surface area contributed by atoms with Gasteiger partial charge in [0.05, 0.1) is 11.7 Å². The van der Waals surface area contributed by atoms with Crippen LogP contribution in [0, 0.1) is 5.95 Å². The highest BCUT2D eigenvalue weighted by Gasteiger charge is 2.43. The Morgan fingerprint density at radius 1 is 1.65 bits per heavy atom. The molecule has 0 aliphatic carbocycles. The maximum Gasteiger partial charge on any atom is 0.347 e. The number of hydrogen-bond donors (Lipinski definition) is 2. The van der Waals surface area contributed by atoms with Gasteiger partial charge in [-0.3, -0.25) is 4.98 Å². The Morgan fingerprint density at radius 3 is 2.94 bits per heavy atom. The van der Waals surface area contributed by atoms with Crippen molar-refractivity contribution in [2.24, 2.45) is 0 Å². The van der Waals surface area contributed by atoms with Crippen LogP contribution >= 0.6 is 0 Å². The van der Waals surface area contributed by atoms with Crippen LogP contribution in [-0.4, -0.2) is 40.5 Å². The molecular weight excluding hydrogens is 231 g/mol. The van der Waals surface area contributed by atoms with Gasteiger partial charge in [0, 0.05) is 13.3 Å². The standard InChI is InChI=1S/C10H13FN2O4/c1-4-6(14)8(16-2)7(17-4)5-3-12-10(15)13-9(5)11/h3-4,6-8,14H,1-2H3,(H,12,13,15)/t4-,6?,7+,8+/m1/s1. The largest absolute Gasteiger partial charge is 0.388 e. The van der Waals surface area contributed by atoms with E-state index in [0.29, 0.717) is 0 Å². The average molecular weight is 244 g/mol. The minimum absolute atomic E-state index is 0.0693. The Bertz CT molecular complexity index is 464. The summed E-state index contributed by atoms with van der Waals surface area (Å²) in [6, 6.07) is 0. The summed E-state index contributed by atoms with van der Waals surface area (Å²) in [6.45, 7) is 1.66. The lowest BCUT2D eigenvalue weighted by atomic mass is 10.0. The molecule has 2 heterocycles. The molecule has 0 aromatic carbocycles. The summed E-state index contributed by atoms with van der Waals surface area (Å²) in [5, 5.41) is 9.77. The smallest absolute Gasteiger partial charge is 0.347 e. The topological polar surface area (TPSA) is 84.4 Å². The van der Waals surface area contributed by atoms with Gasteiger partial charge in [0.1, 0.15) is 18.3 Å². The van der Waals surface area contributed by atoms with Gasteiger partial charge in [0.15, 0.2) is 0 Å². The van der Waals surface area contributed by atoms with Crippen molar-refractivity contribution in [2.45, 2.75) is 31.3 Å². The van der Waals surface area contributed by atoms with Crippen molar-refractivity contribution in [3.05, 3.63) is 28.2 Å². The molecule has 1 fully saturated rings. The van der Waals surface area contributed by atoms with E-state index >= 15 is 0 Å². The number of rotatable bonds is 2. The van der Waals surface area contributed by atoms with E-state index in [0.717, 1.165) is 6.20 Å². The fraction of sp³-hybridized carbons (Fsp3) is 0.600. The zero-order valence-electron chi connectivity index (χ0n) is 9.38. The third-order valence-electron chi connectivity index (χ3n) is 2.85. The minimum atomic E-state index is -0.851. The van der Waals surface area contributed by atoms with Gasteiger partial charge in [-0.1, -0.05) is 0 Å². The summed E-state index contributed by atoms with van der Waals surface area (Å²) >= 11 is 0. The molecular formula is C10H13FN2O4. The van der Waals surface area contributed by atoms with Crippen LogP contribution < -0.4 is 5.69 Å². The van der Waals surface area contributed by atoms with E-state index in [9.17, 15) is 14.3 Å². The number of H-pyrrole nitrogens is 1. The minimum Gasteiger partial charge on any atom is -0.388 e. The third kappa shape index (κ3) is 2.08. The number of nitrogens with one attached hydrogen (secondary N) is 1. The summed E-state index contributed by atoms with van der Waals surface area (Å²) < 4.78 is 24.0. The number of aromatic nitrogens is 2. The number of aliphatic hydroxyl groups excluding tert-OH is 1. The van der Waals surface area contributed by atoms with Crippen LogP contribution in [0.1, 0.15) is 18.6 Å². The predicted octanol–water partition coefficient (Wildman–Crippen LogP) is -0.255. The van der Waals surface area contributed by atoms with Crippen molar-refractivity contribution in [3.63, 3.8) is 0 Å². The van der Waals surface area contributed by atoms with E-state index in [-0.39, 0.29) is 5.56 Å². The molecule has 1 unspecified atom stereocenters. The average Bonchev–Trinajstić information content (AvgIpc) is 2.55. The Hall–Kier alpha value is -1.31. The molecule has 0 radical (unpaired) electrons. The van der Waals surface area contributed by atoms with Crippen LogP contribution in [0.25, 0.3) is 0 Å². The van der Waals surface area contributed by atoms with E-state index in [1.807, 2.05) is 4.98 Å². The lowest BCUT2D eigenvalue weighted by Crippen LogP contribution is -2.31. The van der Waals surface area contributed by atoms with Crippen LogP contribution in [0.3, 0.4) is 0 Å². The number of ether oxygens (including phenoxy) is 2. The highest BCUT2D eigenvalue weighted by molar-refractivity contribution is 5.14. The second kappa shape index (κ2) is 4.52. The monoisotopic (exact) mass is 244 g/mol. The van der Waals surface area contributed by atoms with E-state index in [4.69, 9.17) is 9.47 Å². The van der Waals surface area contributed by atoms with Gasteiger partial charge in [-0.25, -0.2) is 9.78 Å². The maximum atomic E-state index is 13.6. The molecule has 1 aromatic rings. The van der Waals surface area contributed by atoms with Crippen LogP contribution in [-0.2, 0) is 9.47 Å². The lowest BCUT2D eigenvalue weighted by Gasteiger charge is -2.18. The van der Waals surface area contributed by atoms with Gasteiger partial charge in [0.2, 0.25) is 5.95 Å². The van der Waals surface area contributed by atoms with E-state index in [1.54, 1.807) is 6.92 Å². The first-order chi connectivity index (χ1) is 8.04. The van der Waals surface area contributed by atoms with E-state index < -0.39 is 36.1 Å². The van der Waals surface area contributed by atoms with Gasteiger partial charge < -0.3 is 14.6 Å². The molecule has 1 aliphatic heterocycles. The van der Waals surface area contributed by atoms with Crippen molar-refractivity contribution in [2.75, 3.05) is 7.11 Å². The summed E-state index contributed by atoms with van der Waals surface area (Å²) in [6.07, 6.45) is -1.70. The number of aliphatic hydroxyl groups is 1. The molecule has 0 amide bonds. The molecule has 0 bridgehead atoms. The van der Waals surface area contributed by atoms with Crippen molar-refractivity contribution in [3.8, 4) is 0 Å². The number of aromatic amines is 1. The second-order valence-corrected chi connectivity index (χ2v) is 3.91. The first-order valence-corrected chi connectivity index (χ1v) is 5.15. The van der Waals surface area contributed by atoms with E-state index in [2.05, 4.69) is 4.98 Å². The molecule has 0 spiro atoms. The Labute approximate surface area is 96.4 Å². The van der Waals surface area contributed by atoms with Crippen LogP contribution in [0.2, 0.25) is 0 Å². The van der Waals surface area contributed by atoms with Gasteiger partial charge in [0.25, 0.3) is 0 Å². The van der Waals surface area contributed by atoms with Crippen LogP contribution in [0.5, 0.6) is 0 Å². The molecule has 6 nitrogen and oxygen atoms in total. The maximum absolute atomic E-state index is 13.6. The van der Waals surface area contributed by atoms with Crippen molar-refractivity contribution in [1.29, 1.82) is 0 Å². The number of hydrogen-bond acceptors (Lipinski definition) is 5. The van der Waals surface area contributed by atoms with Crippen molar-refractivity contribution in [1.82, 2.24) is 9.97 Å². The molecule has 7 heteroatoms. The summed E-state index contributed by atoms with van der Waals surface area (Å²) in [4.78, 5) is 16.2. The molecule has 1 aromatic heterocycles. The summed E-state index contributed by atoms with van der Waals surface area (Å²) in [5.74, 6) is -0.821. The molecule has 1 saturated heterocycles. The third-order valence-corrected chi connectivity index (χ3v) is 2.85. The molecule has 17 heavy (non-hydrogen) atoms. The first kappa shape index (κ1) is 12.2. The van der Waals surface area contributed by atoms with Crippen LogP contribution in [0.4, 0.5) is 4.39 Å². The summed E-state index contributed by atoms with van der Waals surface area (Å²) in [5.41, 5.74) is -0.702. The molecule has 4 atom stereocenters. The highest BCUT2D eigenvalue weighted by atomic mass is 19.1. The number of nitrogens with zero attached hydrogens (tertiary/aromatic N) is 1. The normalized spacial score (nSPS) is 32.9. The predicted molar refractivity (Wildman–Crippen MR) is 54.9 cm³/mol. The zero-order chi connectivity index (χ0) is 12.6. The van der Waals surface area contributed by atoms with Gasteiger partial charge in [-0.05, 0) is 6.92 Å². The Morgan fingerprint density at radius 2 is 2.35 bits per heavy atom. The highest BCUT2D eigenvalue weighted by Crippen LogP contribution is 2.35. The Kier molecular flexibility index (Phi) is 3.23. The van der Waals surface area contributed by atoms with Crippen molar-refractivity contribution >= 4 is 0 Å². The molecule has 2 N–H and O–H groups in total. The quantitative estimate of drug-likeness (QED) is 0.700. The fourth-order valence-electron chi connectivity index (χ4n) is 1.93. The van der Waals surface area contributed by atoms with Crippen LogP contribution in [0.15, 0.2) is 11.0 Å². The zero-order valence-corrected chi connectivity index (χ0v) is 9.38. The molecule has 1 aliphatic rings. The first-order valence-electron chi connectivity index (χ1n) is 5.15. The number of methoxy groups -OCH3 is 1. The van der Waals surface area contributed by atoms with E-state index in [1.165, 1.54) is 7.11 Å². The van der Waals surface area contributed by atoms with Gasteiger partial charge in [-0.2, -0.15) is 4.39 Å². The lowest BCUT2D eigenvalue weighted by molar-refractivity contribution is -0.0134. The second-order valence-electron chi connectivity index (χ2n) is 3.91. The number of halogens is 1. The SMILES string of the molecule is CO[C@H]1C(O)[C@@H](C)O[C@H]1c1cnc(=O)[nH]c1F. The molecule has 2 rings (SSSR count). The Balaban J connectivity index is 2.36. The van der Waals surface area contributed by atoms with Gasteiger partial charge in [-0.15, -0.1) is 0 Å². The summed E-state index contributed by atoms with van der Waals surface area (Å²) in [7, 11) is 1.40.